The Morgan fingerprint density at radius 3 is 2.32 bits per heavy atom. The summed E-state index contributed by atoms with van der Waals surface area (Å²) in [5, 5.41) is 4.93. The van der Waals surface area contributed by atoms with E-state index in [4.69, 9.17) is 4.74 Å². The minimum absolute atomic E-state index is 0.136. The molecule has 0 radical (unpaired) electrons. The largest absolute Gasteiger partial charge is 0.483 e. The van der Waals surface area contributed by atoms with E-state index in [0.29, 0.717) is 24.8 Å². The molecular weight excluding hydrogens is 388 g/mol. The molecular formula is C26H30N2O3. The lowest BCUT2D eigenvalue weighted by atomic mass is 10.1. The van der Waals surface area contributed by atoms with Crippen LogP contribution in [0.4, 0.5) is 0 Å². The highest BCUT2D eigenvalue weighted by Crippen LogP contribution is 2.25. The number of carbonyl (C=O) groups is 2. The SMILES string of the molecule is CC(C)CNC(=O)C(C)N(Cc1ccccc1)C(=O)COc1cccc2ccccc12. The number of hydrogen-bond acceptors (Lipinski definition) is 3. The van der Waals surface area contributed by atoms with Crippen molar-refractivity contribution >= 4 is 22.6 Å². The number of benzene rings is 3. The number of carbonyl (C=O) groups excluding carboxylic acids is 2. The first kappa shape index (κ1) is 22.3. The Bertz CT molecular complexity index is 1010. The summed E-state index contributed by atoms with van der Waals surface area (Å²) in [5.74, 6) is 0.597. The van der Waals surface area contributed by atoms with Crippen LogP contribution in [0.25, 0.3) is 10.8 Å². The van der Waals surface area contributed by atoms with Crippen LogP contribution >= 0.6 is 0 Å². The van der Waals surface area contributed by atoms with Crippen molar-refractivity contribution in [2.45, 2.75) is 33.4 Å². The standard InChI is InChI=1S/C26H30N2O3/c1-19(2)16-27-26(30)20(3)28(17-21-10-5-4-6-11-21)25(29)18-31-24-15-9-13-22-12-7-8-14-23(22)24/h4-15,19-20H,16-18H2,1-3H3,(H,27,30). The monoisotopic (exact) mass is 418 g/mol. The van der Waals surface area contributed by atoms with Crippen LogP contribution in [0.2, 0.25) is 0 Å². The first-order chi connectivity index (χ1) is 15.0. The van der Waals surface area contributed by atoms with Gasteiger partial charge in [0.25, 0.3) is 5.91 Å². The fraction of sp³-hybridized carbons (Fsp3) is 0.308. The lowest BCUT2D eigenvalue weighted by molar-refractivity contribution is -0.142. The second kappa shape index (κ2) is 10.6. The van der Waals surface area contributed by atoms with Crippen LogP contribution in [0.5, 0.6) is 5.75 Å². The number of fused-ring (bicyclic) bond motifs is 1. The molecule has 3 aromatic carbocycles. The molecule has 3 rings (SSSR count). The summed E-state index contributed by atoms with van der Waals surface area (Å²) < 4.78 is 5.90. The van der Waals surface area contributed by atoms with Crippen molar-refractivity contribution in [2.24, 2.45) is 5.92 Å². The van der Waals surface area contributed by atoms with Crippen LogP contribution in [-0.2, 0) is 16.1 Å². The highest BCUT2D eigenvalue weighted by Gasteiger charge is 2.26. The Morgan fingerprint density at radius 1 is 0.903 bits per heavy atom. The van der Waals surface area contributed by atoms with E-state index in [0.717, 1.165) is 16.3 Å². The van der Waals surface area contributed by atoms with Crippen LogP contribution in [0, 0.1) is 5.92 Å². The maximum Gasteiger partial charge on any atom is 0.261 e. The summed E-state index contributed by atoms with van der Waals surface area (Å²) in [6.45, 7) is 6.61. The maximum atomic E-state index is 13.2. The summed E-state index contributed by atoms with van der Waals surface area (Å²) in [5.41, 5.74) is 0.963. The third kappa shape index (κ3) is 6.07. The summed E-state index contributed by atoms with van der Waals surface area (Å²) in [6.07, 6.45) is 0. The molecule has 0 aliphatic rings. The topological polar surface area (TPSA) is 58.6 Å². The van der Waals surface area contributed by atoms with Crippen molar-refractivity contribution in [2.75, 3.05) is 13.2 Å². The smallest absolute Gasteiger partial charge is 0.261 e. The molecule has 0 saturated carbocycles. The van der Waals surface area contributed by atoms with E-state index in [9.17, 15) is 9.59 Å². The van der Waals surface area contributed by atoms with Gasteiger partial charge in [-0.3, -0.25) is 9.59 Å². The van der Waals surface area contributed by atoms with E-state index < -0.39 is 6.04 Å². The minimum atomic E-state index is -0.609. The molecule has 1 N–H and O–H groups in total. The molecule has 0 bridgehead atoms. The Balaban J connectivity index is 1.75. The zero-order valence-electron chi connectivity index (χ0n) is 18.4. The van der Waals surface area contributed by atoms with Gasteiger partial charge in [-0.25, -0.2) is 0 Å². The van der Waals surface area contributed by atoms with Gasteiger partial charge in [0.2, 0.25) is 5.91 Å². The lowest BCUT2D eigenvalue weighted by Gasteiger charge is -2.29. The quantitative estimate of drug-likeness (QED) is 0.560. The van der Waals surface area contributed by atoms with E-state index in [-0.39, 0.29) is 18.4 Å². The Morgan fingerprint density at radius 2 is 1.58 bits per heavy atom. The Kier molecular flexibility index (Phi) is 7.65. The average Bonchev–Trinajstić information content (AvgIpc) is 2.79. The van der Waals surface area contributed by atoms with Crippen molar-refractivity contribution in [1.29, 1.82) is 0 Å². The third-order valence-electron chi connectivity index (χ3n) is 5.15. The van der Waals surface area contributed by atoms with E-state index in [1.165, 1.54) is 0 Å². The zero-order valence-corrected chi connectivity index (χ0v) is 18.4. The van der Waals surface area contributed by atoms with Crippen LogP contribution in [0.3, 0.4) is 0 Å². The van der Waals surface area contributed by atoms with Crippen molar-refractivity contribution in [3.8, 4) is 5.75 Å². The van der Waals surface area contributed by atoms with Gasteiger partial charge in [0.15, 0.2) is 6.61 Å². The Labute approximate surface area is 184 Å². The lowest BCUT2D eigenvalue weighted by Crippen LogP contribution is -2.49. The maximum absolute atomic E-state index is 13.2. The van der Waals surface area contributed by atoms with Gasteiger partial charge in [-0.1, -0.05) is 80.6 Å². The molecule has 3 aromatic rings. The van der Waals surface area contributed by atoms with Crippen LogP contribution in [-0.4, -0.2) is 35.9 Å². The molecule has 31 heavy (non-hydrogen) atoms. The Hall–Kier alpha value is -3.34. The molecule has 0 heterocycles. The molecule has 1 unspecified atom stereocenters. The highest BCUT2D eigenvalue weighted by molar-refractivity contribution is 5.90. The van der Waals surface area contributed by atoms with E-state index in [1.54, 1.807) is 11.8 Å². The second-order valence-electron chi connectivity index (χ2n) is 8.09. The fourth-order valence-corrected chi connectivity index (χ4v) is 3.36. The first-order valence-electron chi connectivity index (χ1n) is 10.7. The van der Waals surface area contributed by atoms with Gasteiger partial charge < -0.3 is 15.0 Å². The molecule has 0 fully saturated rings. The second-order valence-corrected chi connectivity index (χ2v) is 8.09. The molecule has 0 aromatic heterocycles. The van der Waals surface area contributed by atoms with Crippen molar-refractivity contribution in [3.05, 3.63) is 78.4 Å². The normalized spacial score (nSPS) is 11.9. The van der Waals surface area contributed by atoms with E-state index >= 15 is 0 Å². The highest BCUT2D eigenvalue weighted by atomic mass is 16.5. The predicted molar refractivity (Wildman–Crippen MR) is 124 cm³/mol. The summed E-state index contributed by atoms with van der Waals surface area (Å²) in [6, 6.07) is 22.7. The van der Waals surface area contributed by atoms with Gasteiger partial charge in [0.05, 0.1) is 0 Å². The van der Waals surface area contributed by atoms with Gasteiger partial charge in [0, 0.05) is 18.5 Å². The van der Waals surface area contributed by atoms with Gasteiger partial charge in [0.1, 0.15) is 11.8 Å². The number of nitrogens with one attached hydrogen (secondary N) is 1. The first-order valence-corrected chi connectivity index (χ1v) is 10.7. The van der Waals surface area contributed by atoms with Crippen LogP contribution in [0.15, 0.2) is 72.8 Å². The van der Waals surface area contributed by atoms with Crippen molar-refractivity contribution < 1.29 is 14.3 Å². The van der Waals surface area contributed by atoms with Crippen molar-refractivity contribution in [3.63, 3.8) is 0 Å². The number of hydrogen-bond donors (Lipinski definition) is 1. The molecule has 162 valence electrons. The van der Waals surface area contributed by atoms with Crippen LogP contribution < -0.4 is 10.1 Å². The molecule has 5 heteroatoms. The average molecular weight is 419 g/mol. The number of ether oxygens (including phenoxy) is 1. The fourth-order valence-electron chi connectivity index (χ4n) is 3.36. The molecule has 0 aliphatic heterocycles. The molecule has 0 spiro atoms. The number of amides is 2. The summed E-state index contributed by atoms with van der Waals surface area (Å²) >= 11 is 0. The van der Waals surface area contributed by atoms with E-state index in [1.807, 2.05) is 86.6 Å². The predicted octanol–water partition coefficient (Wildman–Crippen LogP) is 4.41. The van der Waals surface area contributed by atoms with Gasteiger partial charge in [-0.05, 0) is 29.9 Å². The number of rotatable bonds is 9. The molecule has 0 saturated heterocycles. The number of nitrogens with zero attached hydrogens (tertiary/aromatic N) is 1. The molecule has 0 aliphatic carbocycles. The molecule has 2 amide bonds. The van der Waals surface area contributed by atoms with Gasteiger partial charge >= 0.3 is 0 Å². The summed E-state index contributed by atoms with van der Waals surface area (Å²) in [4.78, 5) is 27.4. The molecule has 5 nitrogen and oxygen atoms in total. The van der Waals surface area contributed by atoms with Gasteiger partial charge in [-0.15, -0.1) is 0 Å². The molecule has 1 atom stereocenters. The zero-order chi connectivity index (χ0) is 22.2. The van der Waals surface area contributed by atoms with Crippen molar-refractivity contribution in [1.82, 2.24) is 10.2 Å². The minimum Gasteiger partial charge on any atom is -0.483 e. The third-order valence-corrected chi connectivity index (χ3v) is 5.15. The van der Waals surface area contributed by atoms with Gasteiger partial charge in [-0.2, -0.15) is 0 Å². The van der Waals surface area contributed by atoms with Crippen LogP contribution in [0.1, 0.15) is 26.3 Å². The summed E-state index contributed by atoms with van der Waals surface area (Å²) in [7, 11) is 0. The van der Waals surface area contributed by atoms with E-state index in [2.05, 4.69) is 5.32 Å².